The largest absolute Gasteiger partial charge is 0.382 e. The van der Waals surface area contributed by atoms with E-state index in [9.17, 15) is 0 Å². The molecule has 5 nitrogen and oxygen atoms in total. The van der Waals surface area contributed by atoms with Crippen molar-refractivity contribution >= 4 is 16.7 Å². The third kappa shape index (κ3) is 3.15. The van der Waals surface area contributed by atoms with Crippen molar-refractivity contribution in [3.05, 3.63) is 24.0 Å². The monoisotopic (exact) mass is 340 g/mol. The van der Waals surface area contributed by atoms with E-state index in [1.807, 2.05) is 0 Å². The fourth-order valence-electron chi connectivity index (χ4n) is 4.68. The van der Waals surface area contributed by atoms with Crippen LogP contribution in [0.25, 0.3) is 11.0 Å². The highest BCUT2D eigenvalue weighted by Crippen LogP contribution is 2.58. The molecule has 3 fully saturated rings. The fourth-order valence-corrected chi connectivity index (χ4v) is 4.68. The molecule has 0 radical (unpaired) electrons. The summed E-state index contributed by atoms with van der Waals surface area (Å²) in [5.74, 6) is 1.10. The molecule has 134 valence electrons. The van der Waals surface area contributed by atoms with Crippen LogP contribution in [0.1, 0.15) is 37.9 Å². The van der Waals surface area contributed by atoms with Gasteiger partial charge in [0, 0.05) is 37.8 Å². The van der Waals surface area contributed by atoms with Crippen molar-refractivity contribution in [2.24, 2.45) is 5.41 Å². The lowest BCUT2D eigenvalue weighted by Gasteiger charge is -2.25. The van der Waals surface area contributed by atoms with Crippen molar-refractivity contribution in [2.75, 3.05) is 38.2 Å². The molecule has 2 saturated carbocycles. The Bertz CT molecular complexity index is 745. The summed E-state index contributed by atoms with van der Waals surface area (Å²) in [6.07, 6.45) is 7.94. The van der Waals surface area contributed by atoms with Crippen LogP contribution in [0.4, 0.5) is 5.69 Å². The maximum atomic E-state index is 5.41. The lowest BCUT2D eigenvalue weighted by Crippen LogP contribution is -2.37. The van der Waals surface area contributed by atoms with E-state index >= 15 is 0 Å². The van der Waals surface area contributed by atoms with Crippen LogP contribution in [0.5, 0.6) is 0 Å². The summed E-state index contributed by atoms with van der Waals surface area (Å²) in [5, 5.41) is 3.81. The van der Waals surface area contributed by atoms with Crippen LogP contribution in [-0.2, 0) is 11.2 Å². The second kappa shape index (κ2) is 6.29. The molecule has 5 heteroatoms. The Morgan fingerprint density at radius 2 is 2.12 bits per heavy atom. The van der Waals surface area contributed by atoms with Crippen LogP contribution < -0.4 is 5.32 Å². The molecule has 1 aliphatic heterocycles. The first-order valence-corrected chi connectivity index (χ1v) is 9.86. The summed E-state index contributed by atoms with van der Waals surface area (Å²) < 4.78 is 5.41. The van der Waals surface area contributed by atoms with Crippen molar-refractivity contribution < 1.29 is 4.74 Å². The molecule has 0 amide bonds. The van der Waals surface area contributed by atoms with E-state index in [4.69, 9.17) is 9.72 Å². The van der Waals surface area contributed by atoms with Crippen molar-refractivity contribution in [2.45, 2.75) is 44.6 Å². The maximum absolute atomic E-state index is 5.41. The summed E-state index contributed by atoms with van der Waals surface area (Å²) in [6.45, 7) is 4.85. The number of hydrogen-bond acceptors (Lipinski definition) is 4. The Morgan fingerprint density at radius 3 is 2.96 bits per heavy atom. The van der Waals surface area contributed by atoms with Crippen molar-refractivity contribution in [1.29, 1.82) is 0 Å². The SMILES string of the molecule is c1cc2nc(CCN3CCOCC3)[nH]c2cc1NC1CCCC12CC2. The van der Waals surface area contributed by atoms with Crippen LogP contribution in [0.15, 0.2) is 18.2 Å². The number of rotatable bonds is 5. The number of H-pyrrole nitrogens is 1. The second-order valence-electron chi connectivity index (χ2n) is 8.07. The number of imidazole rings is 1. The maximum Gasteiger partial charge on any atom is 0.108 e. The lowest BCUT2D eigenvalue weighted by atomic mass is 10.0. The van der Waals surface area contributed by atoms with Gasteiger partial charge in [0.05, 0.1) is 24.2 Å². The van der Waals surface area contributed by atoms with Crippen molar-refractivity contribution in [3.8, 4) is 0 Å². The Morgan fingerprint density at radius 1 is 1.24 bits per heavy atom. The molecule has 2 N–H and O–H groups in total. The summed E-state index contributed by atoms with van der Waals surface area (Å²) in [5.41, 5.74) is 4.11. The molecule has 25 heavy (non-hydrogen) atoms. The van der Waals surface area contributed by atoms with Gasteiger partial charge in [-0.05, 0) is 49.3 Å². The quantitative estimate of drug-likeness (QED) is 0.878. The summed E-state index contributed by atoms with van der Waals surface area (Å²) in [6, 6.07) is 7.27. The molecular formula is C20H28N4O. The highest BCUT2D eigenvalue weighted by atomic mass is 16.5. The minimum absolute atomic E-state index is 0.631. The molecule has 1 atom stereocenters. The average molecular weight is 340 g/mol. The predicted octanol–water partition coefficient (Wildman–Crippen LogP) is 3.18. The number of morpholine rings is 1. The smallest absolute Gasteiger partial charge is 0.108 e. The number of aromatic amines is 1. The number of hydrogen-bond donors (Lipinski definition) is 2. The van der Waals surface area contributed by atoms with Gasteiger partial charge in [0.15, 0.2) is 0 Å². The van der Waals surface area contributed by atoms with E-state index in [1.54, 1.807) is 0 Å². The van der Waals surface area contributed by atoms with Gasteiger partial charge in [-0.1, -0.05) is 6.42 Å². The molecule has 2 aromatic rings. The van der Waals surface area contributed by atoms with Gasteiger partial charge in [0.25, 0.3) is 0 Å². The van der Waals surface area contributed by atoms with Gasteiger partial charge in [0.1, 0.15) is 5.82 Å². The zero-order valence-corrected chi connectivity index (χ0v) is 14.9. The van der Waals surface area contributed by atoms with Crippen LogP contribution in [0.3, 0.4) is 0 Å². The number of nitrogens with one attached hydrogen (secondary N) is 2. The number of ether oxygens (including phenoxy) is 1. The van der Waals surface area contributed by atoms with E-state index in [0.29, 0.717) is 11.5 Å². The Labute approximate surface area is 149 Å². The fraction of sp³-hybridized carbons (Fsp3) is 0.650. The average Bonchev–Trinajstić information content (AvgIpc) is 3.15. The molecule has 5 rings (SSSR count). The zero-order chi connectivity index (χ0) is 16.7. The minimum atomic E-state index is 0.631. The second-order valence-corrected chi connectivity index (χ2v) is 8.07. The topological polar surface area (TPSA) is 53.2 Å². The molecule has 0 bridgehead atoms. The predicted molar refractivity (Wildman–Crippen MR) is 100.0 cm³/mol. The highest BCUT2D eigenvalue weighted by Gasteiger charge is 2.51. The van der Waals surface area contributed by atoms with E-state index in [1.165, 1.54) is 37.8 Å². The van der Waals surface area contributed by atoms with Gasteiger partial charge in [-0.25, -0.2) is 4.98 Å². The summed E-state index contributed by atoms with van der Waals surface area (Å²) >= 11 is 0. The summed E-state index contributed by atoms with van der Waals surface area (Å²) in [4.78, 5) is 10.8. The lowest BCUT2D eigenvalue weighted by molar-refractivity contribution is 0.0382. The molecule has 1 unspecified atom stereocenters. The van der Waals surface area contributed by atoms with Gasteiger partial charge in [-0.15, -0.1) is 0 Å². The normalized spacial score (nSPS) is 25.7. The van der Waals surface area contributed by atoms with Gasteiger partial charge in [0.2, 0.25) is 0 Å². The first-order valence-electron chi connectivity index (χ1n) is 9.86. The minimum Gasteiger partial charge on any atom is -0.382 e. The number of fused-ring (bicyclic) bond motifs is 1. The number of aromatic nitrogens is 2. The number of nitrogens with zero attached hydrogens (tertiary/aromatic N) is 2. The molecule has 2 heterocycles. The first-order chi connectivity index (χ1) is 12.3. The van der Waals surface area contributed by atoms with Gasteiger partial charge in [-0.3, -0.25) is 4.90 Å². The van der Waals surface area contributed by atoms with Crippen molar-refractivity contribution in [3.63, 3.8) is 0 Å². The highest BCUT2D eigenvalue weighted by molar-refractivity contribution is 5.79. The Hall–Kier alpha value is -1.59. The summed E-state index contributed by atoms with van der Waals surface area (Å²) in [7, 11) is 0. The Balaban J connectivity index is 1.26. The third-order valence-electron chi connectivity index (χ3n) is 6.44. The molecule has 3 aliphatic rings. The van der Waals surface area contributed by atoms with Gasteiger partial charge < -0.3 is 15.0 Å². The molecule has 2 aliphatic carbocycles. The molecule has 1 spiro atoms. The van der Waals surface area contributed by atoms with Crippen LogP contribution in [0.2, 0.25) is 0 Å². The van der Waals surface area contributed by atoms with E-state index in [0.717, 1.165) is 56.1 Å². The van der Waals surface area contributed by atoms with Crippen LogP contribution >= 0.6 is 0 Å². The first kappa shape index (κ1) is 15.6. The van der Waals surface area contributed by atoms with E-state index in [2.05, 4.69) is 33.4 Å². The van der Waals surface area contributed by atoms with E-state index < -0.39 is 0 Å². The molecule has 1 aromatic heterocycles. The molecular weight excluding hydrogens is 312 g/mol. The molecule has 1 saturated heterocycles. The standard InChI is InChI=1S/C20H28N4O/c1-2-18(20(6-1)7-8-20)21-15-3-4-16-17(14-15)23-19(22-16)5-9-24-10-12-25-13-11-24/h3-4,14,18,21H,1-2,5-13H2,(H,22,23). The Kier molecular flexibility index (Phi) is 3.94. The van der Waals surface area contributed by atoms with Crippen molar-refractivity contribution in [1.82, 2.24) is 14.9 Å². The zero-order valence-electron chi connectivity index (χ0n) is 14.9. The van der Waals surface area contributed by atoms with Crippen LogP contribution in [0, 0.1) is 5.41 Å². The third-order valence-corrected chi connectivity index (χ3v) is 6.44. The number of anilines is 1. The van der Waals surface area contributed by atoms with Gasteiger partial charge in [-0.2, -0.15) is 0 Å². The van der Waals surface area contributed by atoms with E-state index in [-0.39, 0.29) is 0 Å². The molecule has 1 aromatic carbocycles. The van der Waals surface area contributed by atoms with Crippen LogP contribution in [-0.4, -0.2) is 53.8 Å². The van der Waals surface area contributed by atoms with Gasteiger partial charge >= 0.3 is 0 Å². The number of benzene rings is 1.